The van der Waals surface area contributed by atoms with E-state index in [2.05, 4.69) is 4.98 Å². The lowest BCUT2D eigenvalue weighted by Crippen LogP contribution is -2.46. The predicted octanol–water partition coefficient (Wildman–Crippen LogP) is 5.48. The lowest BCUT2D eigenvalue weighted by Gasteiger charge is -2.35. The highest BCUT2D eigenvalue weighted by atomic mass is 35.5. The van der Waals surface area contributed by atoms with Crippen LogP contribution in [0.3, 0.4) is 0 Å². The summed E-state index contributed by atoms with van der Waals surface area (Å²) in [6, 6.07) is 2.98. The SMILES string of the molecule is C[C@H]1c2nc(OCc3ccc(Cl)cc3F)c(C(F)(F)F)cc2CCN1C(=O)C(F)(F)F. The highest BCUT2D eigenvalue weighted by Crippen LogP contribution is 2.40. The van der Waals surface area contributed by atoms with Gasteiger partial charge in [0.1, 0.15) is 18.0 Å². The van der Waals surface area contributed by atoms with Crippen molar-refractivity contribution in [3.8, 4) is 5.88 Å². The van der Waals surface area contributed by atoms with Crippen molar-refractivity contribution in [2.75, 3.05) is 6.54 Å². The van der Waals surface area contributed by atoms with E-state index in [1.165, 1.54) is 19.1 Å². The number of carbonyl (C=O) groups excluding carboxylic acids is 1. The van der Waals surface area contributed by atoms with Crippen LogP contribution in [0.15, 0.2) is 24.3 Å². The Morgan fingerprint density at radius 1 is 1.23 bits per heavy atom. The number of carbonyl (C=O) groups is 1. The van der Waals surface area contributed by atoms with Gasteiger partial charge in [0, 0.05) is 17.1 Å². The van der Waals surface area contributed by atoms with Crippen LogP contribution in [-0.4, -0.2) is 28.5 Å². The van der Waals surface area contributed by atoms with Crippen molar-refractivity contribution in [1.29, 1.82) is 0 Å². The average molecular weight is 471 g/mol. The molecule has 2 heterocycles. The zero-order valence-corrected chi connectivity index (χ0v) is 16.5. The summed E-state index contributed by atoms with van der Waals surface area (Å²) in [7, 11) is 0. The first-order valence-electron chi connectivity index (χ1n) is 8.84. The third-order valence-electron chi connectivity index (χ3n) is 4.77. The topological polar surface area (TPSA) is 42.4 Å². The fourth-order valence-electron chi connectivity index (χ4n) is 3.23. The van der Waals surface area contributed by atoms with Crippen molar-refractivity contribution >= 4 is 17.5 Å². The fraction of sp³-hybridized carbons (Fsp3) is 0.368. The number of benzene rings is 1. The quantitative estimate of drug-likeness (QED) is 0.558. The number of alkyl halides is 6. The Morgan fingerprint density at radius 2 is 1.90 bits per heavy atom. The molecule has 4 nitrogen and oxygen atoms in total. The molecule has 1 aliphatic heterocycles. The number of fused-ring (bicyclic) bond motifs is 1. The minimum Gasteiger partial charge on any atom is -0.472 e. The van der Waals surface area contributed by atoms with Gasteiger partial charge in [-0.2, -0.15) is 26.3 Å². The summed E-state index contributed by atoms with van der Waals surface area (Å²) in [6.45, 7) is 0.184. The van der Waals surface area contributed by atoms with Gasteiger partial charge in [-0.25, -0.2) is 9.37 Å². The van der Waals surface area contributed by atoms with E-state index >= 15 is 0 Å². The number of hydrogen-bond donors (Lipinski definition) is 0. The van der Waals surface area contributed by atoms with E-state index < -0.39 is 54.7 Å². The van der Waals surface area contributed by atoms with Crippen LogP contribution in [0.4, 0.5) is 30.7 Å². The van der Waals surface area contributed by atoms with Crippen LogP contribution in [0.5, 0.6) is 5.88 Å². The minimum atomic E-state index is -5.14. The molecule has 31 heavy (non-hydrogen) atoms. The van der Waals surface area contributed by atoms with Crippen LogP contribution in [0, 0.1) is 5.82 Å². The zero-order valence-electron chi connectivity index (χ0n) is 15.7. The van der Waals surface area contributed by atoms with Crippen LogP contribution in [-0.2, 0) is 24.0 Å². The second-order valence-corrected chi connectivity index (χ2v) is 7.27. The first-order valence-corrected chi connectivity index (χ1v) is 9.22. The molecule has 0 radical (unpaired) electrons. The molecule has 2 aromatic rings. The van der Waals surface area contributed by atoms with Gasteiger partial charge in [-0.3, -0.25) is 4.79 Å². The molecule has 0 N–H and O–H groups in total. The molecule has 0 saturated heterocycles. The van der Waals surface area contributed by atoms with Crippen LogP contribution in [0.25, 0.3) is 0 Å². The summed E-state index contributed by atoms with van der Waals surface area (Å²) in [5.41, 5.74) is -1.44. The molecular weight excluding hydrogens is 457 g/mol. The maximum Gasteiger partial charge on any atom is 0.471 e. The standard InChI is InChI=1S/C19H14ClF7N2O2/c1-9-15-10(4-5-29(9)17(30)19(25,26)27)6-13(18(22,23)24)16(28-15)31-8-11-2-3-12(20)7-14(11)21/h2-3,6-7,9H,4-5,8H2,1H3/t9-/m0/s1. The van der Waals surface area contributed by atoms with Crippen molar-refractivity contribution in [2.24, 2.45) is 0 Å². The smallest absolute Gasteiger partial charge is 0.471 e. The van der Waals surface area contributed by atoms with E-state index in [0.29, 0.717) is 4.90 Å². The third kappa shape index (κ3) is 4.86. The molecule has 1 atom stereocenters. The second-order valence-electron chi connectivity index (χ2n) is 6.83. The summed E-state index contributed by atoms with van der Waals surface area (Å²) >= 11 is 5.63. The van der Waals surface area contributed by atoms with Gasteiger partial charge in [0.15, 0.2) is 0 Å². The van der Waals surface area contributed by atoms with Crippen molar-refractivity contribution in [2.45, 2.75) is 38.3 Å². The van der Waals surface area contributed by atoms with Crippen molar-refractivity contribution in [3.63, 3.8) is 0 Å². The van der Waals surface area contributed by atoms with Crippen LogP contribution in [0.1, 0.15) is 35.3 Å². The van der Waals surface area contributed by atoms with Crippen LogP contribution < -0.4 is 4.74 Å². The lowest BCUT2D eigenvalue weighted by molar-refractivity contribution is -0.188. The number of rotatable bonds is 3. The summed E-state index contributed by atoms with van der Waals surface area (Å²) < 4.78 is 98.0. The van der Waals surface area contributed by atoms with Gasteiger partial charge < -0.3 is 9.64 Å². The Hall–Kier alpha value is -2.56. The third-order valence-corrected chi connectivity index (χ3v) is 5.01. The zero-order chi connectivity index (χ0) is 23.1. The molecule has 0 unspecified atom stereocenters. The molecule has 1 aliphatic rings. The Morgan fingerprint density at radius 3 is 2.48 bits per heavy atom. The van der Waals surface area contributed by atoms with Gasteiger partial charge >= 0.3 is 18.3 Å². The molecule has 0 saturated carbocycles. The average Bonchev–Trinajstić information content (AvgIpc) is 2.65. The van der Waals surface area contributed by atoms with E-state index in [0.717, 1.165) is 12.1 Å². The molecule has 3 rings (SSSR count). The maximum atomic E-state index is 13.9. The van der Waals surface area contributed by atoms with E-state index in [4.69, 9.17) is 16.3 Å². The molecule has 1 aromatic heterocycles. The van der Waals surface area contributed by atoms with E-state index in [1.54, 1.807) is 0 Å². The molecule has 168 valence electrons. The normalized spacial score (nSPS) is 16.8. The van der Waals surface area contributed by atoms with Gasteiger partial charge in [0.25, 0.3) is 0 Å². The molecule has 0 aliphatic carbocycles. The Bertz CT molecular complexity index is 1010. The van der Waals surface area contributed by atoms with E-state index in [9.17, 15) is 35.5 Å². The van der Waals surface area contributed by atoms with E-state index in [1.807, 2.05) is 0 Å². The summed E-state index contributed by atoms with van der Waals surface area (Å²) in [6.07, 6.45) is -10.3. The van der Waals surface area contributed by atoms with Gasteiger partial charge in [-0.15, -0.1) is 0 Å². The van der Waals surface area contributed by atoms with Crippen LogP contribution in [0.2, 0.25) is 5.02 Å². The molecule has 0 spiro atoms. The number of ether oxygens (including phenoxy) is 1. The van der Waals surface area contributed by atoms with Crippen molar-refractivity contribution < 1.29 is 40.3 Å². The van der Waals surface area contributed by atoms with Gasteiger partial charge in [-0.05, 0) is 37.1 Å². The minimum absolute atomic E-state index is 0.0519. The van der Waals surface area contributed by atoms with Gasteiger partial charge in [0.2, 0.25) is 5.88 Å². The summed E-state index contributed by atoms with van der Waals surface area (Å²) in [5.74, 6) is -3.85. The number of halogens is 8. The molecule has 0 fully saturated rings. The van der Waals surface area contributed by atoms with Gasteiger partial charge in [0.05, 0.1) is 11.7 Å². The molecular formula is C19H14ClF7N2O2. The Balaban J connectivity index is 1.97. The highest BCUT2D eigenvalue weighted by molar-refractivity contribution is 6.30. The van der Waals surface area contributed by atoms with E-state index in [-0.39, 0.29) is 28.3 Å². The molecule has 1 aromatic carbocycles. The number of amides is 1. The Labute approximate surface area is 176 Å². The molecule has 0 bridgehead atoms. The van der Waals surface area contributed by atoms with Gasteiger partial charge in [-0.1, -0.05) is 17.7 Å². The number of hydrogen-bond acceptors (Lipinski definition) is 3. The summed E-state index contributed by atoms with van der Waals surface area (Å²) in [5, 5.41) is 0.0763. The summed E-state index contributed by atoms with van der Waals surface area (Å²) in [4.78, 5) is 15.9. The first kappa shape index (κ1) is 23.1. The number of nitrogens with zero attached hydrogens (tertiary/aromatic N) is 2. The molecule has 1 amide bonds. The first-order chi connectivity index (χ1) is 14.3. The van der Waals surface area contributed by atoms with Crippen LogP contribution >= 0.6 is 11.6 Å². The predicted molar refractivity (Wildman–Crippen MR) is 94.9 cm³/mol. The van der Waals surface area contributed by atoms with Crippen molar-refractivity contribution in [3.05, 3.63) is 57.5 Å². The largest absolute Gasteiger partial charge is 0.472 e. The molecule has 12 heteroatoms. The number of pyridine rings is 1. The number of aromatic nitrogens is 1. The highest BCUT2D eigenvalue weighted by Gasteiger charge is 2.46. The maximum absolute atomic E-state index is 13.9. The Kier molecular flexibility index (Phi) is 6.09. The fourth-order valence-corrected chi connectivity index (χ4v) is 3.39. The monoisotopic (exact) mass is 470 g/mol. The lowest BCUT2D eigenvalue weighted by atomic mass is 9.96. The second kappa shape index (κ2) is 8.18. The van der Waals surface area contributed by atoms with Crippen molar-refractivity contribution in [1.82, 2.24) is 9.88 Å².